The molecule has 0 radical (unpaired) electrons. The zero-order valence-electron chi connectivity index (χ0n) is 11.2. The van der Waals surface area contributed by atoms with Crippen LogP contribution in [0.3, 0.4) is 0 Å². The molecule has 0 bridgehead atoms. The first kappa shape index (κ1) is 13.9. The lowest BCUT2D eigenvalue weighted by Crippen LogP contribution is -2.26. The van der Waals surface area contributed by atoms with Gasteiger partial charge in [0.15, 0.2) is 0 Å². The van der Waals surface area contributed by atoms with Crippen molar-refractivity contribution >= 4 is 21.8 Å². The summed E-state index contributed by atoms with van der Waals surface area (Å²) in [6.45, 7) is 4.24. The average molecular weight is 322 g/mol. The third kappa shape index (κ3) is 3.26. The first-order valence-corrected chi connectivity index (χ1v) is 6.83. The number of halogens is 1. The van der Waals surface area contributed by atoms with E-state index in [0.717, 1.165) is 15.8 Å². The molecule has 100 valence electrons. The lowest BCUT2D eigenvalue weighted by atomic mass is 10.2. The quantitative estimate of drug-likeness (QED) is 0.858. The summed E-state index contributed by atoms with van der Waals surface area (Å²) in [6.07, 6.45) is 0. The molecule has 3 nitrogen and oxygen atoms in total. The van der Waals surface area contributed by atoms with E-state index in [1.54, 1.807) is 18.0 Å². The molecule has 2 rings (SSSR count). The number of hydrogen-bond acceptors (Lipinski definition) is 2. The third-order valence-electron chi connectivity index (χ3n) is 2.95. The van der Waals surface area contributed by atoms with Crippen molar-refractivity contribution in [2.75, 3.05) is 7.05 Å². The van der Waals surface area contributed by atoms with Gasteiger partial charge in [0.2, 0.25) is 0 Å². The van der Waals surface area contributed by atoms with E-state index < -0.39 is 0 Å². The van der Waals surface area contributed by atoms with Crippen molar-refractivity contribution in [2.45, 2.75) is 20.4 Å². The molecule has 2 aromatic rings. The van der Waals surface area contributed by atoms with Crippen LogP contribution in [0.1, 0.15) is 27.4 Å². The molecule has 1 heterocycles. The molecule has 0 spiro atoms. The zero-order chi connectivity index (χ0) is 14.0. The Morgan fingerprint density at radius 2 is 1.89 bits per heavy atom. The second-order valence-corrected chi connectivity index (χ2v) is 5.53. The molecule has 0 fully saturated rings. The van der Waals surface area contributed by atoms with Gasteiger partial charge in [-0.2, -0.15) is 0 Å². The number of benzene rings is 1. The maximum atomic E-state index is 12.3. The van der Waals surface area contributed by atoms with Gasteiger partial charge in [0.1, 0.15) is 11.5 Å². The first-order chi connectivity index (χ1) is 8.97. The summed E-state index contributed by atoms with van der Waals surface area (Å²) >= 11 is 3.40. The second-order valence-electron chi connectivity index (χ2n) is 4.61. The van der Waals surface area contributed by atoms with Gasteiger partial charge in [-0.05, 0) is 37.6 Å². The van der Waals surface area contributed by atoms with Crippen molar-refractivity contribution in [1.82, 2.24) is 4.90 Å². The fraction of sp³-hybridized carbons (Fsp3) is 0.267. The summed E-state index contributed by atoms with van der Waals surface area (Å²) in [6, 6.07) is 9.74. The molecule has 1 aromatic heterocycles. The van der Waals surface area contributed by atoms with Gasteiger partial charge in [-0.3, -0.25) is 4.79 Å². The van der Waals surface area contributed by atoms with Crippen LogP contribution in [0.25, 0.3) is 0 Å². The molecule has 1 aromatic carbocycles. The van der Waals surface area contributed by atoms with E-state index >= 15 is 0 Å². The Balaban J connectivity index is 2.11. The van der Waals surface area contributed by atoms with Crippen LogP contribution in [0.15, 0.2) is 39.2 Å². The number of carbonyl (C=O) groups excluding carboxylic acids is 1. The maximum Gasteiger partial charge on any atom is 0.257 e. The maximum absolute atomic E-state index is 12.3. The Hall–Kier alpha value is -1.55. The lowest BCUT2D eigenvalue weighted by Gasteiger charge is -2.16. The Labute approximate surface area is 121 Å². The van der Waals surface area contributed by atoms with Crippen molar-refractivity contribution in [1.29, 1.82) is 0 Å². The van der Waals surface area contributed by atoms with Crippen LogP contribution in [-0.2, 0) is 6.54 Å². The normalized spacial score (nSPS) is 10.5. The Morgan fingerprint density at radius 1 is 1.26 bits per heavy atom. The molecule has 0 aliphatic heterocycles. The molecule has 0 saturated heterocycles. The molecule has 0 atom stereocenters. The van der Waals surface area contributed by atoms with Gasteiger partial charge in [-0.15, -0.1) is 0 Å². The molecule has 0 N–H and O–H groups in total. The molecule has 0 unspecified atom stereocenters. The minimum absolute atomic E-state index is 0.0164. The fourth-order valence-electron chi connectivity index (χ4n) is 1.98. The number of aryl methyl sites for hydroxylation is 2. The Morgan fingerprint density at radius 3 is 2.42 bits per heavy atom. The molecule has 4 heteroatoms. The van der Waals surface area contributed by atoms with Gasteiger partial charge in [0.05, 0.1) is 5.56 Å². The molecular weight excluding hydrogens is 306 g/mol. The molecule has 1 amide bonds. The number of rotatable bonds is 3. The monoisotopic (exact) mass is 321 g/mol. The number of hydrogen-bond donors (Lipinski definition) is 0. The second kappa shape index (κ2) is 5.61. The van der Waals surface area contributed by atoms with Crippen LogP contribution in [0, 0.1) is 13.8 Å². The van der Waals surface area contributed by atoms with Gasteiger partial charge in [-0.25, -0.2) is 0 Å². The molecular formula is C15H16BrNO2. The van der Waals surface area contributed by atoms with Crippen molar-refractivity contribution in [3.63, 3.8) is 0 Å². The minimum atomic E-state index is -0.0164. The van der Waals surface area contributed by atoms with Crippen molar-refractivity contribution in [3.8, 4) is 0 Å². The van der Waals surface area contributed by atoms with Crippen LogP contribution in [0.4, 0.5) is 0 Å². The van der Waals surface area contributed by atoms with Gasteiger partial charge >= 0.3 is 0 Å². The number of nitrogens with zero attached hydrogens (tertiary/aromatic N) is 1. The topological polar surface area (TPSA) is 33.5 Å². The largest absolute Gasteiger partial charge is 0.466 e. The minimum Gasteiger partial charge on any atom is -0.466 e. The van der Waals surface area contributed by atoms with E-state index in [0.29, 0.717) is 17.9 Å². The van der Waals surface area contributed by atoms with Crippen molar-refractivity contribution in [2.24, 2.45) is 0 Å². The standard InChI is InChI=1S/C15H16BrNO2/c1-10-8-14(11(2)19-10)15(18)17(3)9-12-4-6-13(16)7-5-12/h4-8H,9H2,1-3H3. The number of carbonyl (C=O) groups is 1. The van der Waals surface area contributed by atoms with E-state index in [-0.39, 0.29) is 5.91 Å². The summed E-state index contributed by atoms with van der Waals surface area (Å²) in [7, 11) is 1.80. The van der Waals surface area contributed by atoms with Crippen LogP contribution in [0.5, 0.6) is 0 Å². The Kier molecular flexibility index (Phi) is 4.10. The Bertz CT molecular complexity index is 587. The predicted octanol–water partition coefficient (Wildman–Crippen LogP) is 3.93. The van der Waals surface area contributed by atoms with E-state index in [1.165, 1.54) is 0 Å². The van der Waals surface area contributed by atoms with E-state index in [2.05, 4.69) is 15.9 Å². The van der Waals surface area contributed by atoms with E-state index in [9.17, 15) is 4.79 Å². The predicted molar refractivity (Wildman–Crippen MR) is 78.1 cm³/mol. The van der Waals surface area contributed by atoms with Crippen LogP contribution in [0.2, 0.25) is 0 Å². The first-order valence-electron chi connectivity index (χ1n) is 6.04. The SMILES string of the molecule is Cc1cc(C(=O)N(C)Cc2ccc(Br)cc2)c(C)o1. The average Bonchev–Trinajstić information content (AvgIpc) is 2.70. The summed E-state index contributed by atoms with van der Waals surface area (Å²) < 4.78 is 6.43. The summed E-state index contributed by atoms with van der Waals surface area (Å²) in [4.78, 5) is 14.0. The van der Waals surface area contributed by atoms with E-state index in [1.807, 2.05) is 38.1 Å². The van der Waals surface area contributed by atoms with Gasteiger partial charge in [0.25, 0.3) is 5.91 Å². The summed E-state index contributed by atoms with van der Waals surface area (Å²) in [5.74, 6) is 1.42. The van der Waals surface area contributed by atoms with Crippen molar-refractivity contribution < 1.29 is 9.21 Å². The van der Waals surface area contributed by atoms with Crippen LogP contribution >= 0.6 is 15.9 Å². The number of furan rings is 1. The van der Waals surface area contributed by atoms with Crippen LogP contribution in [-0.4, -0.2) is 17.9 Å². The molecule has 0 aliphatic rings. The molecule has 0 aliphatic carbocycles. The summed E-state index contributed by atoms with van der Waals surface area (Å²) in [5.41, 5.74) is 1.73. The highest BCUT2D eigenvalue weighted by molar-refractivity contribution is 9.10. The third-order valence-corrected chi connectivity index (χ3v) is 3.48. The fourth-order valence-corrected chi connectivity index (χ4v) is 2.25. The highest BCUT2D eigenvalue weighted by atomic mass is 79.9. The van der Waals surface area contributed by atoms with Gasteiger partial charge in [0, 0.05) is 18.1 Å². The molecule has 19 heavy (non-hydrogen) atoms. The molecule has 0 saturated carbocycles. The highest BCUT2D eigenvalue weighted by Crippen LogP contribution is 2.17. The van der Waals surface area contributed by atoms with Crippen molar-refractivity contribution in [3.05, 3.63) is 57.5 Å². The van der Waals surface area contributed by atoms with Crippen LogP contribution < -0.4 is 0 Å². The number of amides is 1. The lowest BCUT2D eigenvalue weighted by molar-refractivity contribution is 0.0783. The van der Waals surface area contributed by atoms with Gasteiger partial charge in [-0.1, -0.05) is 28.1 Å². The van der Waals surface area contributed by atoms with E-state index in [4.69, 9.17) is 4.42 Å². The van der Waals surface area contributed by atoms with Gasteiger partial charge < -0.3 is 9.32 Å². The zero-order valence-corrected chi connectivity index (χ0v) is 12.8. The highest BCUT2D eigenvalue weighted by Gasteiger charge is 2.17. The smallest absolute Gasteiger partial charge is 0.257 e. The summed E-state index contributed by atoms with van der Waals surface area (Å²) in [5, 5.41) is 0.